The fraction of sp³-hybridized carbons (Fsp3) is 0.444. The van der Waals surface area contributed by atoms with Crippen LogP contribution in [0.2, 0.25) is 0 Å². The number of aromatic nitrogens is 3. The van der Waals surface area contributed by atoms with Crippen LogP contribution in [0.15, 0.2) is 48.9 Å². The Hall–Kier alpha value is -2.95. The molecule has 1 N–H and O–H groups in total. The molecule has 3 aromatic rings. The number of benzene rings is 1. The Balaban J connectivity index is 1.39. The molecule has 0 unspecified atom stereocenters. The molecule has 0 atom stereocenters. The Bertz CT molecular complexity index is 1050. The number of nitrogens with zero attached hydrogens (tertiary/aromatic N) is 4. The Kier molecular flexibility index (Phi) is 5.81. The Morgan fingerprint density at radius 2 is 1.69 bits per heavy atom. The van der Waals surface area contributed by atoms with E-state index in [4.69, 9.17) is 0 Å². The molecule has 5 nitrogen and oxygen atoms in total. The molecule has 2 aromatic heterocycles. The van der Waals surface area contributed by atoms with E-state index in [0.717, 1.165) is 37.7 Å². The van der Waals surface area contributed by atoms with Gasteiger partial charge in [0.1, 0.15) is 18.0 Å². The van der Waals surface area contributed by atoms with E-state index < -0.39 is 0 Å². The highest BCUT2D eigenvalue weighted by Gasteiger charge is 2.34. The van der Waals surface area contributed by atoms with Crippen molar-refractivity contribution in [2.45, 2.75) is 64.3 Å². The van der Waals surface area contributed by atoms with Gasteiger partial charge in [-0.2, -0.15) is 0 Å². The summed E-state index contributed by atoms with van der Waals surface area (Å²) in [5, 5.41) is 3.78. The lowest BCUT2D eigenvalue weighted by Gasteiger charge is -2.39. The third-order valence-corrected chi connectivity index (χ3v) is 7.29. The van der Waals surface area contributed by atoms with E-state index in [-0.39, 0.29) is 5.41 Å². The maximum Gasteiger partial charge on any atom is 0.134 e. The zero-order chi connectivity index (χ0) is 22.0. The molecule has 0 amide bonds. The van der Waals surface area contributed by atoms with Gasteiger partial charge in [-0.3, -0.25) is 0 Å². The number of hydrogen-bond acceptors (Lipinski definition) is 5. The summed E-state index contributed by atoms with van der Waals surface area (Å²) in [6.45, 7) is 6.89. The van der Waals surface area contributed by atoms with E-state index in [1.54, 1.807) is 6.33 Å². The molecule has 5 heteroatoms. The first-order valence-corrected chi connectivity index (χ1v) is 11.9. The summed E-state index contributed by atoms with van der Waals surface area (Å²) < 4.78 is 0. The van der Waals surface area contributed by atoms with Gasteiger partial charge in [-0.1, -0.05) is 55.2 Å². The number of nitrogens with one attached hydrogen (secondary N) is 1. The second-order valence-electron chi connectivity index (χ2n) is 9.57. The summed E-state index contributed by atoms with van der Waals surface area (Å²) in [5.41, 5.74) is 6.53. The number of hydrogen-bond donors (Lipinski definition) is 1. The zero-order valence-corrected chi connectivity index (χ0v) is 19.3. The van der Waals surface area contributed by atoms with E-state index in [9.17, 15) is 0 Å². The molecule has 0 bridgehead atoms. The van der Waals surface area contributed by atoms with Gasteiger partial charge in [-0.25, -0.2) is 15.0 Å². The van der Waals surface area contributed by atoms with Crippen LogP contribution in [0.5, 0.6) is 0 Å². The summed E-state index contributed by atoms with van der Waals surface area (Å²) >= 11 is 0. The van der Waals surface area contributed by atoms with Crippen molar-refractivity contribution in [2.24, 2.45) is 0 Å². The molecule has 32 heavy (non-hydrogen) atoms. The van der Waals surface area contributed by atoms with Gasteiger partial charge >= 0.3 is 0 Å². The SMILES string of the molecule is Cc1ccc(C2(CNc3ncnc4c3CN(c3ccc(C)cn3)CC4)CCCCC2)cc1. The predicted molar refractivity (Wildman–Crippen MR) is 130 cm³/mol. The summed E-state index contributed by atoms with van der Waals surface area (Å²) in [7, 11) is 0. The van der Waals surface area contributed by atoms with Gasteiger partial charge in [0.15, 0.2) is 0 Å². The van der Waals surface area contributed by atoms with Gasteiger partial charge in [0, 0.05) is 43.2 Å². The lowest BCUT2D eigenvalue weighted by molar-refractivity contribution is 0.307. The minimum absolute atomic E-state index is 0.177. The number of aryl methyl sites for hydroxylation is 2. The highest BCUT2D eigenvalue weighted by atomic mass is 15.2. The molecule has 0 radical (unpaired) electrons. The van der Waals surface area contributed by atoms with Gasteiger partial charge in [-0.15, -0.1) is 0 Å². The van der Waals surface area contributed by atoms with Crippen LogP contribution in [0.4, 0.5) is 11.6 Å². The van der Waals surface area contributed by atoms with Crippen LogP contribution in [0.3, 0.4) is 0 Å². The summed E-state index contributed by atoms with van der Waals surface area (Å²) in [6, 6.07) is 13.4. The molecule has 1 aliphatic heterocycles. The van der Waals surface area contributed by atoms with Gasteiger partial charge in [-0.05, 0) is 43.9 Å². The molecular weight excluding hydrogens is 394 g/mol. The summed E-state index contributed by atoms with van der Waals surface area (Å²) in [6.07, 6.45) is 11.0. The molecule has 2 aliphatic rings. The van der Waals surface area contributed by atoms with Crippen molar-refractivity contribution in [3.63, 3.8) is 0 Å². The van der Waals surface area contributed by atoms with Crippen molar-refractivity contribution < 1.29 is 0 Å². The monoisotopic (exact) mass is 427 g/mol. The maximum atomic E-state index is 4.69. The zero-order valence-electron chi connectivity index (χ0n) is 19.3. The maximum absolute atomic E-state index is 4.69. The van der Waals surface area contributed by atoms with E-state index in [0.29, 0.717) is 0 Å². The van der Waals surface area contributed by atoms with Gasteiger partial charge in [0.05, 0.1) is 5.69 Å². The van der Waals surface area contributed by atoms with Gasteiger partial charge < -0.3 is 10.2 Å². The number of fused-ring (bicyclic) bond motifs is 1. The van der Waals surface area contributed by atoms with Crippen LogP contribution in [-0.2, 0) is 18.4 Å². The van der Waals surface area contributed by atoms with Crippen molar-refractivity contribution in [1.82, 2.24) is 15.0 Å². The highest BCUT2D eigenvalue weighted by Crippen LogP contribution is 2.40. The third-order valence-electron chi connectivity index (χ3n) is 7.29. The van der Waals surface area contributed by atoms with Gasteiger partial charge in [0.25, 0.3) is 0 Å². The minimum Gasteiger partial charge on any atom is -0.369 e. The van der Waals surface area contributed by atoms with E-state index >= 15 is 0 Å². The first kappa shape index (κ1) is 20.9. The van der Waals surface area contributed by atoms with Crippen LogP contribution in [0.1, 0.15) is 60.1 Å². The molecule has 1 fully saturated rings. The molecule has 1 aromatic carbocycles. The van der Waals surface area contributed by atoms with E-state index in [2.05, 4.69) is 75.4 Å². The first-order chi connectivity index (χ1) is 15.6. The Morgan fingerprint density at radius 1 is 0.906 bits per heavy atom. The third kappa shape index (κ3) is 4.21. The van der Waals surface area contributed by atoms with Crippen molar-refractivity contribution in [1.29, 1.82) is 0 Å². The normalized spacial score (nSPS) is 17.6. The van der Waals surface area contributed by atoms with E-state index in [1.807, 2.05) is 6.20 Å². The highest BCUT2D eigenvalue weighted by molar-refractivity contribution is 5.52. The van der Waals surface area contributed by atoms with Crippen LogP contribution < -0.4 is 10.2 Å². The summed E-state index contributed by atoms with van der Waals surface area (Å²) in [5.74, 6) is 2.02. The Labute approximate surface area is 191 Å². The molecule has 0 spiro atoms. The first-order valence-electron chi connectivity index (χ1n) is 11.9. The second-order valence-corrected chi connectivity index (χ2v) is 9.57. The number of anilines is 2. The molecular formula is C27H33N5. The minimum atomic E-state index is 0.177. The van der Waals surface area contributed by atoms with Crippen LogP contribution in [0.25, 0.3) is 0 Å². The topological polar surface area (TPSA) is 53.9 Å². The summed E-state index contributed by atoms with van der Waals surface area (Å²) in [4.78, 5) is 16.3. The van der Waals surface area contributed by atoms with Crippen LogP contribution >= 0.6 is 0 Å². The quantitative estimate of drug-likeness (QED) is 0.594. The number of rotatable bonds is 5. The lowest BCUT2D eigenvalue weighted by Crippen LogP contribution is -2.38. The fourth-order valence-corrected chi connectivity index (χ4v) is 5.29. The fourth-order valence-electron chi connectivity index (χ4n) is 5.29. The van der Waals surface area contributed by atoms with Crippen LogP contribution in [-0.4, -0.2) is 28.0 Å². The van der Waals surface area contributed by atoms with Gasteiger partial charge in [0.2, 0.25) is 0 Å². The predicted octanol–water partition coefficient (Wildman–Crippen LogP) is 5.37. The molecule has 1 aliphatic carbocycles. The van der Waals surface area contributed by atoms with Crippen LogP contribution in [0, 0.1) is 13.8 Å². The van der Waals surface area contributed by atoms with Crippen molar-refractivity contribution >= 4 is 11.6 Å². The molecule has 1 saturated carbocycles. The lowest BCUT2D eigenvalue weighted by atomic mass is 9.69. The smallest absolute Gasteiger partial charge is 0.134 e. The molecule has 5 rings (SSSR count). The second kappa shape index (κ2) is 8.89. The van der Waals surface area contributed by atoms with Crippen molar-refractivity contribution in [2.75, 3.05) is 23.3 Å². The molecule has 0 saturated heterocycles. The molecule has 166 valence electrons. The largest absolute Gasteiger partial charge is 0.369 e. The number of pyridine rings is 1. The van der Waals surface area contributed by atoms with Crippen molar-refractivity contribution in [3.05, 3.63) is 76.9 Å². The standard InChI is InChI=1S/C27H33N5/c1-20-6-9-22(10-7-20)27(13-4-3-5-14-27)18-29-26-23-17-32(15-12-24(23)30-19-31-26)25-11-8-21(2)16-28-25/h6-11,16,19H,3-5,12-15,17-18H2,1-2H3,(H,29,30,31). The van der Waals surface area contributed by atoms with E-state index in [1.165, 1.54) is 60.1 Å². The average Bonchev–Trinajstić information content (AvgIpc) is 2.84. The average molecular weight is 428 g/mol. The molecule has 3 heterocycles. The van der Waals surface area contributed by atoms with Crippen molar-refractivity contribution in [3.8, 4) is 0 Å². The Morgan fingerprint density at radius 3 is 2.44 bits per heavy atom.